The van der Waals surface area contributed by atoms with Crippen LogP contribution in [0.25, 0.3) is 0 Å². The number of hydrogen-bond acceptors (Lipinski definition) is 6. The van der Waals surface area contributed by atoms with Gasteiger partial charge in [-0.3, -0.25) is 14.8 Å². The molecule has 0 aliphatic carbocycles. The van der Waals surface area contributed by atoms with Crippen molar-refractivity contribution in [1.82, 2.24) is 19.8 Å². The average molecular weight is 344 g/mol. The van der Waals surface area contributed by atoms with Crippen LogP contribution in [-0.4, -0.2) is 58.2 Å². The summed E-state index contributed by atoms with van der Waals surface area (Å²) in [5, 5.41) is 0. The first-order valence-electron chi connectivity index (χ1n) is 8.65. The van der Waals surface area contributed by atoms with Gasteiger partial charge in [0.2, 0.25) is 0 Å². The van der Waals surface area contributed by atoms with E-state index in [1.54, 1.807) is 11.3 Å². The third kappa shape index (κ3) is 3.52. The third-order valence-electron chi connectivity index (χ3n) is 5.13. The zero-order valence-electron chi connectivity index (χ0n) is 14.1. The molecule has 2 saturated heterocycles. The van der Waals surface area contributed by atoms with Gasteiger partial charge in [0.1, 0.15) is 0 Å². The Morgan fingerprint density at radius 2 is 2.12 bits per heavy atom. The van der Waals surface area contributed by atoms with Crippen molar-refractivity contribution in [2.24, 2.45) is 0 Å². The Morgan fingerprint density at radius 3 is 2.92 bits per heavy atom. The van der Waals surface area contributed by atoms with Gasteiger partial charge in [0, 0.05) is 56.0 Å². The maximum absolute atomic E-state index is 6.07. The molecule has 4 heterocycles. The molecule has 4 rings (SSSR count). The van der Waals surface area contributed by atoms with Crippen LogP contribution in [0.2, 0.25) is 0 Å². The molecule has 2 atom stereocenters. The summed E-state index contributed by atoms with van der Waals surface area (Å²) >= 11 is 1.77. The van der Waals surface area contributed by atoms with Crippen LogP contribution in [0.15, 0.2) is 30.0 Å². The van der Waals surface area contributed by atoms with Crippen LogP contribution in [0.5, 0.6) is 0 Å². The maximum Gasteiger partial charge on any atom is 0.0798 e. The number of fused-ring (bicyclic) bond motifs is 1. The highest BCUT2D eigenvalue weighted by molar-refractivity contribution is 7.09. The summed E-state index contributed by atoms with van der Waals surface area (Å²) < 4.78 is 6.07. The summed E-state index contributed by atoms with van der Waals surface area (Å²) in [6.07, 6.45) is 5.26. The Labute approximate surface area is 147 Å². The molecule has 6 heteroatoms. The Hall–Kier alpha value is -1.34. The number of aromatic nitrogens is 2. The number of ether oxygens (including phenoxy) is 1. The predicted octanol–water partition coefficient (Wildman–Crippen LogP) is 2.32. The minimum Gasteiger partial charge on any atom is -0.375 e. The van der Waals surface area contributed by atoms with Gasteiger partial charge >= 0.3 is 0 Å². The highest BCUT2D eigenvalue weighted by Gasteiger charge is 2.37. The lowest BCUT2D eigenvalue weighted by Crippen LogP contribution is -2.59. The fourth-order valence-corrected chi connectivity index (χ4v) is 4.57. The van der Waals surface area contributed by atoms with E-state index in [0.717, 1.165) is 45.8 Å². The van der Waals surface area contributed by atoms with Gasteiger partial charge in [-0.2, -0.15) is 0 Å². The highest BCUT2D eigenvalue weighted by Crippen LogP contribution is 2.26. The van der Waals surface area contributed by atoms with Crippen LogP contribution in [-0.2, 0) is 17.8 Å². The van der Waals surface area contributed by atoms with Crippen molar-refractivity contribution in [3.63, 3.8) is 0 Å². The van der Waals surface area contributed by atoms with Crippen molar-refractivity contribution in [3.05, 3.63) is 46.2 Å². The van der Waals surface area contributed by atoms with E-state index in [4.69, 9.17) is 4.74 Å². The van der Waals surface area contributed by atoms with E-state index in [1.807, 2.05) is 17.9 Å². The monoisotopic (exact) mass is 344 g/mol. The first kappa shape index (κ1) is 16.1. The molecule has 24 heavy (non-hydrogen) atoms. The summed E-state index contributed by atoms with van der Waals surface area (Å²) in [5.41, 5.74) is 4.47. The number of hydrogen-bond donors (Lipinski definition) is 0. The van der Waals surface area contributed by atoms with Crippen molar-refractivity contribution >= 4 is 11.3 Å². The van der Waals surface area contributed by atoms with Gasteiger partial charge in [-0.1, -0.05) is 0 Å². The fourth-order valence-electron chi connectivity index (χ4n) is 3.75. The van der Waals surface area contributed by atoms with Crippen LogP contribution in [0.3, 0.4) is 0 Å². The van der Waals surface area contributed by atoms with Gasteiger partial charge in [-0.05, 0) is 31.0 Å². The molecule has 0 radical (unpaired) electrons. The number of nitrogens with zero attached hydrogens (tertiary/aromatic N) is 4. The van der Waals surface area contributed by atoms with Gasteiger partial charge in [0.05, 0.1) is 23.9 Å². The molecule has 0 N–H and O–H groups in total. The number of aryl methyl sites for hydroxylation is 1. The topological polar surface area (TPSA) is 41.5 Å². The van der Waals surface area contributed by atoms with Gasteiger partial charge in [-0.25, -0.2) is 4.98 Å². The predicted molar refractivity (Wildman–Crippen MR) is 94.9 cm³/mol. The van der Waals surface area contributed by atoms with Crippen molar-refractivity contribution in [2.45, 2.75) is 38.6 Å². The molecular formula is C18H24N4OS. The first-order valence-corrected chi connectivity index (χ1v) is 9.53. The zero-order valence-corrected chi connectivity index (χ0v) is 14.9. The number of morpholine rings is 1. The van der Waals surface area contributed by atoms with Crippen LogP contribution in [0, 0.1) is 6.92 Å². The van der Waals surface area contributed by atoms with Gasteiger partial charge in [0.25, 0.3) is 0 Å². The zero-order chi connectivity index (χ0) is 16.4. The second kappa shape index (κ2) is 7.27. The van der Waals surface area contributed by atoms with Crippen LogP contribution < -0.4 is 0 Å². The Bertz CT molecular complexity index is 662. The summed E-state index contributed by atoms with van der Waals surface area (Å²) in [6.45, 7) is 8.16. The number of thiazole rings is 1. The van der Waals surface area contributed by atoms with Crippen LogP contribution in [0.1, 0.15) is 22.6 Å². The molecule has 0 amide bonds. The molecule has 2 aliphatic heterocycles. The van der Waals surface area contributed by atoms with E-state index in [9.17, 15) is 0 Å². The molecule has 0 unspecified atom stereocenters. The minimum atomic E-state index is 0.374. The van der Waals surface area contributed by atoms with Crippen LogP contribution >= 0.6 is 11.3 Å². The SMILES string of the molecule is Cc1ncsc1CN1CC[C@@H]2OCCN(Cc3ccncc3)[C@H]2C1. The molecule has 2 aromatic rings. The fraction of sp³-hybridized carbons (Fsp3) is 0.556. The molecule has 2 aliphatic rings. The van der Waals surface area contributed by atoms with E-state index < -0.39 is 0 Å². The summed E-state index contributed by atoms with van der Waals surface area (Å²) in [6, 6.07) is 4.71. The smallest absolute Gasteiger partial charge is 0.0798 e. The summed E-state index contributed by atoms with van der Waals surface area (Å²) in [4.78, 5) is 15.1. The highest BCUT2D eigenvalue weighted by atomic mass is 32.1. The lowest BCUT2D eigenvalue weighted by molar-refractivity contribution is -0.107. The van der Waals surface area contributed by atoms with Gasteiger partial charge < -0.3 is 4.74 Å². The lowest BCUT2D eigenvalue weighted by atomic mass is 9.98. The second-order valence-electron chi connectivity index (χ2n) is 6.69. The number of rotatable bonds is 4. The Kier molecular flexibility index (Phi) is 4.89. The minimum absolute atomic E-state index is 0.374. The molecular weight excluding hydrogens is 320 g/mol. The van der Waals surface area contributed by atoms with E-state index in [2.05, 4.69) is 38.8 Å². The molecule has 2 fully saturated rings. The van der Waals surface area contributed by atoms with Gasteiger partial charge in [-0.15, -0.1) is 11.3 Å². The molecule has 0 spiro atoms. The van der Waals surface area contributed by atoms with Crippen molar-refractivity contribution in [2.75, 3.05) is 26.2 Å². The lowest BCUT2D eigenvalue weighted by Gasteiger charge is -2.47. The summed E-state index contributed by atoms with van der Waals surface area (Å²) in [5.74, 6) is 0. The first-order chi connectivity index (χ1) is 11.8. The molecule has 128 valence electrons. The normalized spacial score (nSPS) is 25.5. The average Bonchev–Trinajstić information content (AvgIpc) is 3.01. The standard InChI is InChI=1S/C18H24N4OS/c1-14-18(24-13-20-14)12-21-7-4-17-16(11-21)22(8-9-23-17)10-15-2-5-19-6-3-15/h2-3,5-6,13,16-17H,4,7-12H2,1H3/t16-,17-/m0/s1. The van der Waals surface area contributed by atoms with Crippen molar-refractivity contribution < 1.29 is 4.74 Å². The van der Waals surface area contributed by atoms with Crippen molar-refractivity contribution in [1.29, 1.82) is 0 Å². The third-order valence-corrected chi connectivity index (χ3v) is 6.05. The van der Waals surface area contributed by atoms with Crippen molar-refractivity contribution in [3.8, 4) is 0 Å². The van der Waals surface area contributed by atoms with Crippen LogP contribution in [0.4, 0.5) is 0 Å². The largest absolute Gasteiger partial charge is 0.375 e. The quantitative estimate of drug-likeness (QED) is 0.851. The van der Waals surface area contributed by atoms with E-state index >= 15 is 0 Å². The van der Waals surface area contributed by atoms with Gasteiger partial charge in [0.15, 0.2) is 0 Å². The number of piperidine rings is 1. The van der Waals surface area contributed by atoms with E-state index in [-0.39, 0.29) is 0 Å². The summed E-state index contributed by atoms with van der Waals surface area (Å²) in [7, 11) is 0. The number of likely N-dealkylation sites (tertiary alicyclic amines) is 1. The Morgan fingerprint density at radius 1 is 1.25 bits per heavy atom. The molecule has 2 aromatic heterocycles. The van der Waals surface area contributed by atoms with E-state index in [1.165, 1.54) is 16.1 Å². The molecule has 0 aromatic carbocycles. The molecule has 5 nitrogen and oxygen atoms in total. The molecule has 0 bridgehead atoms. The van der Waals surface area contributed by atoms with E-state index in [0.29, 0.717) is 12.1 Å². The second-order valence-corrected chi connectivity index (χ2v) is 7.63. The Balaban J connectivity index is 1.44. The maximum atomic E-state index is 6.07. The molecule has 0 saturated carbocycles. The number of pyridine rings is 1.